The first-order valence-corrected chi connectivity index (χ1v) is 7.89. The fourth-order valence-electron chi connectivity index (χ4n) is 2.33. The molecular formula is C18H16ClF2NO4. The van der Waals surface area contributed by atoms with E-state index < -0.39 is 29.6 Å². The SMILES string of the molecule is COC(=O)[C@H](Cc1ccc(OC)c(Cl)c1)NC(=O)c1cc(F)cc(F)c1. The summed E-state index contributed by atoms with van der Waals surface area (Å²) in [6.45, 7) is 0. The standard InChI is InChI=1S/C18H16ClF2NO4/c1-25-16-4-3-10(5-14(16)19)6-15(18(24)26-2)22-17(23)11-7-12(20)9-13(21)8-11/h3-5,7-9,15H,6H2,1-2H3,(H,22,23)/t15-/m0/s1. The number of esters is 1. The summed E-state index contributed by atoms with van der Waals surface area (Å²) in [5, 5.41) is 2.75. The van der Waals surface area contributed by atoms with Crippen molar-refractivity contribution in [1.29, 1.82) is 0 Å². The zero-order chi connectivity index (χ0) is 19.3. The van der Waals surface area contributed by atoms with E-state index in [2.05, 4.69) is 10.1 Å². The monoisotopic (exact) mass is 383 g/mol. The third kappa shape index (κ3) is 4.92. The van der Waals surface area contributed by atoms with Crippen molar-refractivity contribution in [3.63, 3.8) is 0 Å². The van der Waals surface area contributed by atoms with Gasteiger partial charge in [-0.25, -0.2) is 13.6 Å². The Balaban J connectivity index is 2.20. The van der Waals surface area contributed by atoms with Gasteiger partial charge in [-0.3, -0.25) is 4.79 Å². The number of hydrogen-bond acceptors (Lipinski definition) is 4. The molecular weight excluding hydrogens is 368 g/mol. The molecule has 0 bridgehead atoms. The predicted molar refractivity (Wildman–Crippen MR) is 91.3 cm³/mol. The van der Waals surface area contributed by atoms with E-state index in [1.807, 2.05) is 0 Å². The molecule has 138 valence electrons. The lowest BCUT2D eigenvalue weighted by molar-refractivity contribution is -0.142. The zero-order valence-electron chi connectivity index (χ0n) is 14.0. The summed E-state index contributed by atoms with van der Waals surface area (Å²) in [7, 11) is 2.64. The van der Waals surface area contributed by atoms with Crippen LogP contribution in [0.4, 0.5) is 8.78 Å². The molecule has 0 fully saturated rings. The molecule has 0 radical (unpaired) electrons. The first kappa shape index (κ1) is 19.7. The number of halogens is 3. The van der Waals surface area contributed by atoms with Gasteiger partial charge in [0, 0.05) is 18.1 Å². The Bertz CT molecular complexity index is 809. The highest BCUT2D eigenvalue weighted by atomic mass is 35.5. The van der Waals surface area contributed by atoms with Crippen LogP contribution in [-0.2, 0) is 16.0 Å². The molecule has 1 atom stereocenters. The second-order valence-corrected chi connectivity index (χ2v) is 5.79. The lowest BCUT2D eigenvalue weighted by Crippen LogP contribution is -2.43. The number of amides is 1. The summed E-state index contributed by atoms with van der Waals surface area (Å²) in [6, 6.07) is 6.21. The number of methoxy groups -OCH3 is 2. The summed E-state index contributed by atoms with van der Waals surface area (Å²) < 4.78 is 36.3. The van der Waals surface area contributed by atoms with Crippen molar-refractivity contribution in [2.75, 3.05) is 14.2 Å². The quantitative estimate of drug-likeness (QED) is 0.778. The van der Waals surface area contributed by atoms with Gasteiger partial charge in [0.25, 0.3) is 5.91 Å². The van der Waals surface area contributed by atoms with E-state index in [-0.39, 0.29) is 12.0 Å². The molecule has 0 aliphatic carbocycles. The van der Waals surface area contributed by atoms with E-state index in [4.69, 9.17) is 16.3 Å². The minimum Gasteiger partial charge on any atom is -0.495 e. The van der Waals surface area contributed by atoms with Crippen molar-refractivity contribution < 1.29 is 27.8 Å². The minimum atomic E-state index is -1.07. The molecule has 2 rings (SSSR count). The van der Waals surface area contributed by atoms with Gasteiger partial charge in [-0.1, -0.05) is 17.7 Å². The second kappa shape index (κ2) is 8.62. The molecule has 0 aromatic heterocycles. The molecule has 2 aromatic carbocycles. The van der Waals surface area contributed by atoms with Gasteiger partial charge in [0.15, 0.2) is 0 Å². The molecule has 0 unspecified atom stereocenters. The van der Waals surface area contributed by atoms with E-state index >= 15 is 0 Å². The number of ether oxygens (including phenoxy) is 2. The summed E-state index contributed by atoms with van der Waals surface area (Å²) in [4.78, 5) is 24.2. The molecule has 26 heavy (non-hydrogen) atoms. The van der Waals surface area contributed by atoms with Gasteiger partial charge in [-0.2, -0.15) is 0 Å². The Morgan fingerprint density at radius 2 is 1.77 bits per heavy atom. The molecule has 0 aliphatic rings. The number of carbonyl (C=O) groups excluding carboxylic acids is 2. The fraction of sp³-hybridized carbons (Fsp3) is 0.222. The highest BCUT2D eigenvalue weighted by Crippen LogP contribution is 2.25. The number of hydrogen-bond donors (Lipinski definition) is 1. The maximum Gasteiger partial charge on any atom is 0.328 e. The van der Waals surface area contributed by atoms with Crippen molar-refractivity contribution in [1.82, 2.24) is 5.32 Å². The molecule has 1 N–H and O–H groups in total. The molecule has 1 amide bonds. The smallest absolute Gasteiger partial charge is 0.328 e. The molecule has 5 nitrogen and oxygen atoms in total. The van der Waals surface area contributed by atoms with Crippen molar-refractivity contribution in [2.24, 2.45) is 0 Å². The van der Waals surface area contributed by atoms with Crippen LogP contribution in [-0.4, -0.2) is 32.1 Å². The Labute approximate surface area is 153 Å². The largest absolute Gasteiger partial charge is 0.495 e. The highest BCUT2D eigenvalue weighted by molar-refractivity contribution is 6.32. The maximum absolute atomic E-state index is 13.3. The molecule has 0 spiro atoms. The van der Waals surface area contributed by atoms with Crippen molar-refractivity contribution in [2.45, 2.75) is 12.5 Å². The van der Waals surface area contributed by atoms with Crippen LogP contribution in [0.2, 0.25) is 5.02 Å². The number of nitrogens with one attached hydrogen (secondary N) is 1. The minimum absolute atomic E-state index is 0.0694. The van der Waals surface area contributed by atoms with Crippen LogP contribution in [0.5, 0.6) is 5.75 Å². The van der Waals surface area contributed by atoms with Gasteiger partial charge in [0.1, 0.15) is 23.4 Å². The summed E-state index contributed by atoms with van der Waals surface area (Å²) >= 11 is 6.05. The van der Waals surface area contributed by atoms with Gasteiger partial charge >= 0.3 is 5.97 Å². The van der Waals surface area contributed by atoms with Crippen LogP contribution in [0.1, 0.15) is 15.9 Å². The molecule has 2 aromatic rings. The van der Waals surface area contributed by atoms with Crippen LogP contribution in [0.15, 0.2) is 36.4 Å². The molecule has 0 saturated heterocycles. The Morgan fingerprint density at radius 1 is 1.12 bits per heavy atom. The third-order valence-electron chi connectivity index (χ3n) is 3.57. The second-order valence-electron chi connectivity index (χ2n) is 5.38. The fourth-order valence-corrected chi connectivity index (χ4v) is 2.61. The number of carbonyl (C=O) groups is 2. The first-order valence-electron chi connectivity index (χ1n) is 7.51. The Morgan fingerprint density at radius 3 is 2.31 bits per heavy atom. The van der Waals surface area contributed by atoms with Crippen LogP contribution < -0.4 is 10.1 Å². The molecule has 0 aliphatic heterocycles. The summed E-state index contributed by atoms with van der Waals surface area (Å²) in [5.41, 5.74) is 0.390. The number of benzene rings is 2. The average Bonchev–Trinajstić information content (AvgIpc) is 2.59. The van der Waals surface area contributed by atoms with E-state index in [9.17, 15) is 18.4 Å². The maximum atomic E-state index is 13.3. The average molecular weight is 384 g/mol. The van der Waals surface area contributed by atoms with Gasteiger partial charge < -0.3 is 14.8 Å². The third-order valence-corrected chi connectivity index (χ3v) is 3.87. The van der Waals surface area contributed by atoms with Crippen LogP contribution in [0.3, 0.4) is 0 Å². The van der Waals surface area contributed by atoms with E-state index in [0.717, 1.165) is 12.1 Å². The van der Waals surface area contributed by atoms with E-state index in [1.54, 1.807) is 18.2 Å². The molecule has 8 heteroatoms. The van der Waals surface area contributed by atoms with Gasteiger partial charge in [0.2, 0.25) is 0 Å². The van der Waals surface area contributed by atoms with Crippen molar-refractivity contribution in [3.8, 4) is 5.75 Å². The summed E-state index contributed by atoms with van der Waals surface area (Å²) in [5.74, 6) is -2.84. The van der Waals surface area contributed by atoms with Crippen molar-refractivity contribution in [3.05, 3.63) is 64.2 Å². The van der Waals surface area contributed by atoms with Crippen LogP contribution in [0.25, 0.3) is 0 Å². The lowest BCUT2D eigenvalue weighted by atomic mass is 10.0. The van der Waals surface area contributed by atoms with Gasteiger partial charge in [0.05, 0.1) is 19.2 Å². The molecule has 0 saturated carbocycles. The first-order chi connectivity index (χ1) is 12.3. The topological polar surface area (TPSA) is 64.6 Å². The van der Waals surface area contributed by atoms with E-state index in [0.29, 0.717) is 22.4 Å². The normalized spacial score (nSPS) is 11.6. The predicted octanol–water partition coefficient (Wildman–Crippen LogP) is 3.14. The Hall–Kier alpha value is -2.67. The van der Waals surface area contributed by atoms with Gasteiger partial charge in [-0.05, 0) is 29.8 Å². The van der Waals surface area contributed by atoms with Crippen LogP contribution >= 0.6 is 11.6 Å². The Kier molecular flexibility index (Phi) is 6.52. The lowest BCUT2D eigenvalue weighted by Gasteiger charge is -2.17. The van der Waals surface area contributed by atoms with E-state index in [1.165, 1.54) is 14.2 Å². The zero-order valence-corrected chi connectivity index (χ0v) is 14.8. The van der Waals surface area contributed by atoms with Gasteiger partial charge in [-0.15, -0.1) is 0 Å². The number of rotatable bonds is 6. The summed E-state index contributed by atoms with van der Waals surface area (Å²) in [6.07, 6.45) is 0.0694. The highest BCUT2D eigenvalue weighted by Gasteiger charge is 2.23. The van der Waals surface area contributed by atoms with Crippen molar-refractivity contribution >= 4 is 23.5 Å². The van der Waals surface area contributed by atoms with Crippen LogP contribution in [0, 0.1) is 11.6 Å². The molecule has 0 heterocycles.